The Labute approximate surface area is 268 Å². The van der Waals surface area contributed by atoms with Crippen molar-refractivity contribution in [1.29, 1.82) is 0 Å². The molecule has 1 aromatic heterocycles. The molecule has 0 bridgehead atoms. The van der Waals surface area contributed by atoms with E-state index in [-0.39, 0.29) is 48.6 Å². The molecule has 0 unspecified atom stereocenters. The number of Topliss-reactive ketones (excluding diaryl/α,β-unsaturated/α-hetero) is 2. The summed E-state index contributed by atoms with van der Waals surface area (Å²) in [4.78, 5) is 28.6. The van der Waals surface area contributed by atoms with Crippen molar-refractivity contribution in [2.45, 2.75) is 102 Å². The second-order valence-electron chi connectivity index (χ2n) is 13.0. The summed E-state index contributed by atoms with van der Waals surface area (Å²) in [7, 11) is 1.50. The molecule has 8 heteroatoms. The highest BCUT2D eigenvalue weighted by atomic mass is 16.5. The Morgan fingerprint density at radius 2 is 1.84 bits per heavy atom. The number of ether oxygens (including phenoxy) is 1. The number of methoxy groups -OCH3 is 1. The Hall–Kier alpha value is -3.52. The molecule has 1 saturated carbocycles. The molecule has 6 N–H and O–H groups in total. The highest BCUT2D eigenvalue weighted by Crippen LogP contribution is 2.44. The predicted octanol–water partition coefficient (Wildman–Crippen LogP) is 6.38. The number of aliphatic hydroxyl groups is 1. The standard InChI is InChI=1S/C37H53N3O5/c1-45-34-21-27(15-16-32(43)24-31(42)14-8-3-2-5-10-26-11-6-4-7-12-26)20-33(37(34)44)36(28-17-19-40-35(38)23-28)29(25-41)22-30-13-9-18-39-30/h9,13,17-18,20-21,23,26,29,36,39-41,44H,2-8,10-12,14-16,19,22,24-25,38H2,1H3/t29-,36-/m0/s1. The fourth-order valence-corrected chi connectivity index (χ4v) is 7.05. The van der Waals surface area contributed by atoms with Crippen LogP contribution in [0, 0.1) is 11.8 Å². The van der Waals surface area contributed by atoms with E-state index in [0.29, 0.717) is 42.9 Å². The van der Waals surface area contributed by atoms with Crippen LogP contribution in [0.5, 0.6) is 11.5 Å². The molecule has 45 heavy (non-hydrogen) atoms. The van der Waals surface area contributed by atoms with Gasteiger partial charge >= 0.3 is 0 Å². The monoisotopic (exact) mass is 619 g/mol. The van der Waals surface area contributed by atoms with Gasteiger partial charge in [-0.05, 0) is 66.5 Å². The normalized spacial score (nSPS) is 16.8. The van der Waals surface area contributed by atoms with Crippen molar-refractivity contribution in [3.63, 3.8) is 0 Å². The van der Waals surface area contributed by atoms with Crippen molar-refractivity contribution >= 4 is 11.6 Å². The lowest BCUT2D eigenvalue weighted by atomic mass is 9.76. The first kappa shape index (κ1) is 34.4. The first-order valence-corrected chi connectivity index (χ1v) is 16.9. The third-order valence-corrected chi connectivity index (χ3v) is 9.52. The zero-order chi connectivity index (χ0) is 32.0. The summed E-state index contributed by atoms with van der Waals surface area (Å²) >= 11 is 0. The minimum Gasteiger partial charge on any atom is -0.504 e. The molecule has 0 spiro atoms. The van der Waals surface area contributed by atoms with E-state index >= 15 is 0 Å². The number of phenolic OH excluding ortho intramolecular Hbond substituents is 1. The van der Waals surface area contributed by atoms with Gasteiger partial charge < -0.3 is 31.0 Å². The first-order chi connectivity index (χ1) is 21.9. The average molecular weight is 620 g/mol. The van der Waals surface area contributed by atoms with Gasteiger partial charge in [-0.1, -0.05) is 69.9 Å². The van der Waals surface area contributed by atoms with Crippen molar-refractivity contribution in [2.24, 2.45) is 17.6 Å². The molecule has 2 aliphatic rings. The Morgan fingerprint density at radius 1 is 1.07 bits per heavy atom. The highest BCUT2D eigenvalue weighted by molar-refractivity contribution is 5.99. The Balaban J connectivity index is 1.36. The van der Waals surface area contributed by atoms with Crippen LogP contribution < -0.4 is 15.8 Å². The van der Waals surface area contributed by atoms with Crippen LogP contribution >= 0.6 is 0 Å². The molecule has 1 aliphatic carbocycles. The number of benzene rings is 1. The summed E-state index contributed by atoms with van der Waals surface area (Å²) in [6.45, 7) is 0.421. The third-order valence-electron chi connectivity index (χ3n) is 9.52. The number of hydrogen-bond donors (Lipinski definition) is 5. The number of allylic oxidation sites excluding steroid dienone is 2. The number of nitrogens with two attached hydrogens (primary N) is 1. The van der Waals surface area contributed by atoms with Crippen LogP contribution in [0.3, 0.4) is 0 Å². The highest BCUT2D eigenvalue weighted by Gasteiger charge is 2.31. The van der Waals surface area contributed by atoms with Gasteiger partial charge in [-0.2, -0.15) is 0 Å². The zero-order valence-corrected chi connectivity index (χ0v) is 27.0. The Kier molecular flexibility index (Phi) is 13.6. The maximum absolute atomic E-state index is 12.8. The number of carbonyl (C=O) groups excluding carboxylic acids is 2. The summed E-state index contributed by atoms with van der Waals surface area (Å²) in [6.07, 6.45) is 20.0. The lowest BCUT2D eigenvalue weighted by Crippen LogP contribution is -2.28. The van der Waals surface area contributed by atoms with Crippen LogP contribution in [0.1, 0.15) is 106 Å². The average Bonchev–Trinajstić information content (AvgIpc) is 3.56. The van der Waals surface area contributed by atoms with E-state index in [0.717, 1.165) is 35.6 Å². The fraction of sp³-hybridized carbons (Fsp3) is 0.568. The van der Waals surface area contributed by atoms with Crippen LogP contribution in [-0.4, -0.2) is 47.0 Å². The van der Waals surface area contributed by atoms with E-state index in [1.807, 2.05) is 36.5 Å². The van der Waals surface area contributed by atoms with Gasteiger partial charge in [0.1, 0.15) is 11.6 Å². The molecule has 1 aromatic carbocycles. The summed E-state index contributed by atoms with van der Waals surface area (Å²) in [5.74, 6) is 1.04. The van der Waals surface area contributed by atoms with Crippen molar-refractivity contribution in [3.05, 3.63) is 70.8 Å². The number of H-pyrrole nitrogens is 1. The SMILES string of the molecule is COc1cc(CCC(=O)CC(=O)CCCCCCC2CCCCC2)cc([C@@H](C2=CCNC(N)=C2)[C@H](CO)Cc2ccc[nH]2)c1O. The molecule has 0 radical (unpaired) electrons. The maximum Gasteiger partial charge on any atom is 0.161 e. The van der Waals surface area contributed by atoms with Crippen LogP contribution in [-0.2, 0) is 22.4 Å². The van der Waals surface area contributed by atoms with Gasteiger partial charge in [0, 0.05) is 49.4 Å². The van der Waals surface area contributed by atoms with Crippen molar-refractivity contribution in [2.75, 3.05) is 20.3 Å². The lowest BCUT2D eigenvalue weighted by molar-refractivity contribution is -0.127. The number of aromatic hydroxyl groups is 1. The maximum atomic E-state index is 12.8. The lowest BCUT2D eigenvalue weighted by Gasteiger charge is -2.30. The smallest absolute Gasteiger partial charge is 0.161 e. The van der Waals surface area contributed by atoms with Gasteiger partial charge in [0.2, 0.25) is 0 Å². The van der Waals surface area contributed by atoms with E-state index in [4.69, 9.17) is 10.5 Å². The van der Waals surface area contributed by atoms with Gasteiger partial charge in [-0.25, -0.2) is 0 Å². The Bertz CT molecular complexity index is 1290. The fourth-order valence-electron chi connectivity index (χ4n) is 7.05. The number of ketones is 2. The number of unbranched alkanes of at least 4 members (excludes halogenated alkanes) is 3. The number of nitrogens with one attached hydrogen (secondary N) is 2. The molecule has 0 saturated heterocycles. The molecule has 4 rings (SSSR count). The van der Waals surface area contributed by atoms with Crippen molar-refractivity contribution in [1.82, 2.24) is 10.3 Å². The number of hydrogen-bond acceptors (Lipinski definition) is 7. The van der Waals surface area contributed by atoms with E-state index in [9.17, 15) is 19.8 Å². The molecule has 2 aromatic rings. The van der Waals surface area contributed by atoms with Gasteiger partial charge in [-0.3, -0.25) is 9.59 Å². The van der Waals surface area contributed by atoms with Gasteiger partial charge in [-0.15, -0.1) is 0 Å². The third kappa shape index (κ3) is 10.5. The van der Waals surface area contributed by atoms with Crippen molar-refractivity contribution < 1.29 is 24.5 Å². The van der Waals surface area contributed by atoms with E-state index < -0.39 is 0 Å². The number of carbonyl (C=O) groups is 2. The zero-order valence-electron chi connectivity index (χ0n) is 27.0. The van der Waals surface area contributed by atoms with Gasteiger partial charge in [0.15, 0.2) is 11.5 Å². The minimum absolute atomic E-state index is 0.00263. The molecular formula is C37H53N3O5. The van der Waals surface area contributed by atoms with E-state index in [2.05, 4.69) is 10.3 Å². The molecule has 246 valence electrons. The van der Waals surface area contributed by atoms with Crippen LogP contribution in [0.2, 0.25) is 0 Å². The Morgan fingerprint density at radius 3 is 2.56 bits per heavy atom. The molecular weight excluding hydrogens is 566 g/mol. The second-order valence-corrected chi connectivity index (χ2v) is 13.0. The number of aromatic nitrogens is 1. The summed E-state index contributed by atoms with van der Waals surface area (Å²) in [6, 6.07) is 7.54. The number of rotatable bonds is 19. The van der Waals surface area contributed by atoms with Crippen LogP contribution in [0.15, 0.2) is 54.0 Å². The number of phenols is 1. The minimum atomic E-state index is -0.382. The molecule has 2 heterocycles. The van der Waals surface area contributed by atoms with E-state index in [1.165, 1.54) is 58.5 Å². The van der Waals surface area contributed by atoms with Gasteiger partial charge in [0.05, 0.1) is 19.4 Å². The topological polar surface area (TPSA) is 138 Å². The number of aliphatic hydroxyl groups excluding tert-OH is 1. The molecule has 1 fully saturated rings. The van der Waals surface area contributed by atoms with Crippen molar-refractivity contribution in [3.8, 4) is 11.5 Å². The first-order valence-electron chi connectivity index (χ1n) is 16.9. The quantitative estimate of drug-likeness (QED) is 0.0909. The molecule has 0 amide bonds. The molecule has 1 aliphatic heterocycles. The largest absolute Gasteiger partial charge is 0.504 e. The summed E-state index contributed by atoms with van der Waals surface area (Å²) in [5, 5.41) is 25.0. The predicted molar refractivity (Wildman–Crippen MR) is 178 cm³/mol. The second kappa shape index (κ2) is 17.8. The number of aromatic amines is 1. The van der Waals surface area contributed by atoms with E-state index in [1.54, 1.807) is 6.07 Å². The van der Waals surface area contributed by atoms with Gasteiger partial charge in [0.25, 0.3) is 0 Å². The number of aryl methyl sites for hydroxylation is 1. The number of dihydropyridines is 1. The molecule has 2 atom stereocenters. The molecule has 8 nitrogen and oxygen atoms in total. The summed E-state index contributed by atoms with van der Waals surface area (Å²) < 4.78 is 5.55. The summed E-state index contributed by atoms with van der Waals surface area (Å²) in [5.41, 5.74) is 9.43. The van der Waals surface area contributed by atoms with Crippen LogP contribution in [0.25, 0.3) is 0 Å². The van der Waals surface area contributed by atoms with Crippen LogP contribution in [0.4, 0.5) is 0 Å².